The van der Waals surface area contributed by atoms with E-state index in [2.05, 4.69) is 28.7 Å². The summed E-state index contributed by atoms with van der Waals surface area (Å²) in [5, 5.41) is 21.7. The van der Waals surface area contributed by atoms with Gasteiger partial charge in [-0.25, -0.2) is 0 Å². The van der Waals surface area contributed by atoms with Crippen LogP contribution in [0.5, 0.6) is 0 Å². The Hall–Kier alpha value is -0.770. The largest absolute Gasteiger partial charge is 0.779 e. The molecule has 0 saturated heterocycles. The molecule has 0 aromatic rings. The fraction of sp³-hybridized carbons (Fsp3) is 0.875. The third kappa shape index (κ3) is 21.3. The molecule has 0 rings (SSSR count). The van der Waals surface area contributed by atoms with Crippen LogP contribution in [-0.2, 0) is 45.9 Å². The molecule has 214 valence electrons. The number of hydrogen-bond donors (Lipinski definition) is 4. The highest BCUT2D eigenvalue weighted by molar-refractivity contribution is 7.50. The summed E-state index contributed by atoms with van der Waals surface area (Å²) >= 11 is 0. The van der Waals surface area contributed by atoms with Crippen LogP contribution in [0.3, 0.4) is 0 Å². The van der Waals surface area contributed by atoms with Crippen LogP contribution in [0.25, 0.3) is 0 Å². The van der Waals surface area contributed by atoms with Crippen molar-refractivity contribution in [3.8, 4) is 0 Å². The van der Waals surface area contributed by atoms with E-state index in [4.69, 9.17) is 14.7 Å². The number of aliphatic hydroxyl groups excluding tert-OH is 2. The van der Waals surface area contributed by atoms with Gasteiger partial charge in [0.1, 0.15) is 7.60 Å². The van der Waals surface area contributed by atoms with Gasteiger partial charge >= 0.3 is 0 Å². The highest BCUT2D eigenvalue weighted by Crippen LogP contribution is 2.38. The van der Waals surface area contributed by atoms with Crippen LogP contribution >= 0.6 is 23.2 Å². The molecular formula is C16H32N2O15P3-3. The molecule has 0 aliphatic rings. The number of phosphoric acid groups is 2. The molecule has 17 nitrogen and oxygen atoms in total. The van der Waals surface area contributed by atoms with Crippen molar-refractivity contribution in [2.45, 2.75) is 44.6 Å². The average molecular weight is 585 g/mol. The molecule has 0 aromatic heterocycles. The van der Waals surface area contributed by atoms with E-state index < -0.39 is 54.7 Å². The SMILES string of the molecule is CP(=O)([O-])OC(CNC(=O)CCCCOP(=O)([O-])OCO)CNC(=O)CCCCOP(=O)([O-])OCO. The summed E-state index contributed by atoms with van der Waals surface area (Å²) in [5.41, 5.74) is 0. The van der Waals surface area contributed by atoms with Crippen molar-refractivity contribution in [3.05, 3.63) is 0 Å². The summed E-state index contributed by atoms with van der Waals surface area (Å²) in [6.07, 6.45) is -0.328. The lowest BCUT2D eigenvalue weighted by molar-refractivity contribution is -0.232. The Balaban J connectivity index is 4.28. The van der Waals surface area contributed by atoms with E-state index in [1.165, 1.54) is 0 Å². The number of amides is 2. The molecule has 0 saturated carbocycles. The van der Waals surface area contributed by atoms with Crippen molar-refractivity contribution in [3.63, 3.8) is 0 Å². The maximum absolute atomic E-state index is 11.9. The molecule has 3 atom stereocenters. The Morgan fingerprint density at radius 3 is 1.47 bits per heavy atom. The van der Waals surface area contributed by atoms with Crippen LogP contribution in [0, 0.1) is 0 Å². The molecule has 0 spiro atoms. The zero-order valence-electron chi connectivity index (χ0n) is 19.6. The second kappa shape index (κ2) is 18.5. The maximum Gasteiger partial charge on any atom is 0.269 e. The molecule has 0 heterocycles. The first-order chi connectivity index (χ1) is 16.7. The first-order valence-corrected chi connectivity index (χ1v) is 15.5. The van der Waals surface area contributed by atoms with Crippen molar-refractivity contribution in [1.82, 2.24) is 10.6 Å². The van der Waals surface area contributed by atoms with Crippen LogP contribution in [0.2, 0.25) is 0 Å². The summed E-state index contributed by atoms with van der Waals surface area (Å²) in [4.78, 5) is 57.5. The van der Waals surface area contributed by atoms with Gasteiger partial charge in [0.05, 0.1) is 19.3 Å². The van der Waals surface area contributed by atoms with Crippen LogP contribution < -0.4 is 25.3 Å². The third-order valence-electron chi connectivity index (χ3n) is 3.92. The Morgan fingerprint density at radius 2 is 1.14 bits per heavy atom. The van der Waals surface area contributed by atoms with Gasteiger partial charge in [0.25, 0.3) is 15.6 Å². The molecule has 0 bridgehead atoms. The minimum absolute atomic E-state index is 0.0324. The van der Waals surface area contributed by atoms with Crippen molar-refractivity contribution in [2.24, 2.45) is 0 Å². The fourth-order valence-corrected chi connectivity index (χ4v) is 4.22. The lowest BCUT2D eigenvalue weighted by atomic mass is 10.2. The van der Waals surface area contributed by atoms with Gasteiger partial charge in [-0.05, 0) is 25.7 Å². The van der Waals surface area contributed by atoms with E-state index in [1.807, 2.05) is 0 Å². The highest BCUT2D eigenvalue weighted by Gasteiger charge is 2.17. The molecule has 0 fully saturated rings. The van der Waals surface area contributed by atoms with Crippen molar-refractivity contribution in [1.29, 1.82) is 0 Å². The zero-order valence-corrected chi connectivity index (χ0v) is 22.3. The van der Waals surface area contributed by atoms with Gasteiger partial charge in [0.15, 0.2) is 13.6 Å². The van der Waals surface area contributed by atoms with Gasteiger partial charge < -0.3 is 53.7 Å². The van der Waals surface area contributed by atoms with Crippen molar-refractivity contribution < 1.29 is 70.8 Å². The van der Waals surface area contributed by atoms with E-state index in [-0.39, 0.29) is 64.8 Å². The predicted octanol–water partition coefficient (Wildman–Crippen LogP) is -1.97. The number of rotatable bonds is 22. The van der Waals surface area contributed by atoms with Crippen LogP contribution in [0.1, 0.15) is 38.5 Å². The Morgan fingerprint density at radius 1 is 0.750 bits per heavy atom. The zero-order chi connectivity index (χ0) is 27.7. The molecule has 0 radical (unpaired) electrons. The Kier molecular flexibility index (Phi) is 18.1. The normalized spacial score (nSPS) is 17.4. The Bertz CT molecular complexity index is 741. The van der Waals surface area contributed by atoms with Gasteiger partial charge in [0, 0.05) is 32.6 Å². The van der Waals surface area contributed by atoms with Gasteiger partial charge in [-0.1, -0.05) is 0 Å². The summed E-state index contributed by atoms with van der Waals surface area (Å²) in [6.45, 7) is -2.29. The molecule has 0 aromatic carbocycles. The van der Waals surface area contributed by atoms with E-state index in [1.54, 1.807) is 0 Å². The van der Waals surface area contributed by atoms with E-state index in [9.17, 15) is 38.0 Å². The van der Waals surface area contributed by atoms with Crippen molar-refractivity contribution >= 4 is 35.1 Å². The second-order valence-electron chi connectivity index (χ2n) is 7.10. The Labute approximate surface area is 208 Å². The summed E-state index contributed by atoms with van der Waals surface area (Å²) in [5.74, 6) is -0.964. The smallest absolute Gasteiger partial charge is 0.269 e. The first-order valence-electron chi connectivity index (χ1n) is 10.6. The van der Waals surface area contributed by atoms with Gasteiger partial charge in [-0.3, -0.25) is 27.8 Å². The van der Waals surface area contributed by atoms with Gasteiger partial charge in [-0.2, -0.15) is 0 Å². The van der Waals surface area contributed by atoms with Gasteiger partial charge in [-0.15, -0.1) is 0 Å². The van der Waals surface area contributed by atoms with Gasteiger partial charge in [0.2, 0.25) is 11.8 Å². The maximum atomic E-state index is 11.9. The molecule has 0 aliphatic carbocycles. The minimum Gasteiger partial charge on any atom is -0.779 e. The first kappa shape index (κ1) is 35.2. The number of aliphatic hydroxyl groups is 2. The number of hydrogen-bond acceptors (Lipinski definition) is 15. The molecular weight excluding hydrogens is 553 g/mol. The summed E-state index contributed by atoms with van der Waals surface area (Å²) < 4.78 is 55.4. The van der Waals surface area contributed by atoms with Crippen LogP contribution in [0.4, 0.5) is 0 Å². The van der Waals surface area contributed by atoms with E-state index in [0.29, 0.717) is 0 Å². The molecule has 2 amide bonds. The monoisotopic (exact) mass is 585 g/mol. The number of unbranched alkanes of at least 4 members (excludes halogenated alkanes) is 2. The van der Waals surface area contributed by atoms with Crippen molar-refractivity contribution in [2.75, 3.05) is 46.6 Å². The number of nitrogens with one attached hydrogen (secondary N) is 2. The van der Waals surface area contributed by atoms with Crippen LogP contribution in [-0.4, -0.2) is 74.7 Å². The van der Waals surface area contributed by atoms with E-state index in [0.717, 1.165) is 6.66 Å². The molecule has 4 N–H and O–H groups in total. The molecule has 3 unspecified atom stereocenters. The third-order valence-corrected chi connectivity index (χ3v) is 6.46. The molecule has 36 heavy (non-hydrogen) atoms. The van der Waals surface area contributed by atoms with E-state index >= 15 is 0 Å². The summed E-state index contributed by atoms with van der Waals surface area (Å²) in [7, 11) is -13.4. The quantitative estimate of drug-likeness (QED) is 0.0610. The van der Waals surface area contributed by atoms with Crippen LogP contribution in [0.15, 0.2) is 0 Å². The molecule has 20 heteroatoms. The lowest BCUT2D eigenvalue weighted by Crippen LogP contribution is -2.41. The number of carbonyl (C=O) groups is 2. The number of phosphoric ester groups is 2. The topological polar surface area (TPSA) is 265 Å². The fourth-order valence-electron chi connectivity index (χ4n) is 2.39. The predicted molar refractivity (Wildman–Crippen MR) is 116 cm³/mol. The lowest BCUT2D eigenvalue weighted by Gasteiger charge is -2.26. The number of carbonyl (C=O) groups excluding carboxylic acids is 2. The average Bonchev–Trinajstić information content (AvgIpc) is 2.74. The highest BCUT2D eigenvalue weighted by atomic mass is 31.2. The summed E-state index contributed by atoms with van der Waals surface area (Å²) in [6, 6.07) is 0. The molecule has 0 aliphatic heterocycles. The minimum atomic E-state index is -4.59. The second-order valence-corrected chi connectivity index (χ2v) is 11.7. The standard InChI is InChI=1S/C16H35N2O15P3/c1-34(23,24)33-14(10-17-15(21)6-2-4-8-29-35(25,26)31-12-19)11-18-16(22)7-3-5-9-30-36(27,28)32-13-20/h14,19-20H,2-13H2,1H3,(H,17,21)(H,18,22)(H,23,24)(H,25,26)(H,27,28)/p-3.